The number of aliphatic hydroxyl groups excluding tert-OH is 1. The summed E-state index contributed by atoms with van der Waals surface area (Å²) in [4.78, 5) is 11.6. The van der Waals surface area contributed by atoms with E-state index < -0.39 is 0 Å². The molecule has 1 atom stereocenters. The minimum absolute atomic E-state index is 0.0452. The van der Waals surface area contributed by atoms with Crippen molar-refractivity contribution in [1.29, 1.82) is 0 Å². The summed E-state index contributed by atoms with van der Waals surface area (Å²) in [6.07, 6.45) is 0.841. The van der Waals surface area contributed by atoms with Crippen LogP contribution in [0, 0.1) is 13.8 Å². The number of fused-ring (bicyclic) bond motifs is 1. The Morgan fingerprint density at radius 3 is 2.60 bits per heavy atom. The SMILES string of the molecule is CC[C@@H](CO)NCc1cc(=O)oc2cc(C)c(C)cc12. The summed E-state index contributed by atoms with van der Waals surface area (Å²) in [6, 6.07) is 5.52. The Labute approximate surface area is 118 Å². The summed E-state index contributed by atoms with van der Waals surface area (Å²) in [6.45, 7) is 6.69. The van der Waals surface area contributed by atoms with Crippen molar-refractivity contribution in [2.75, 3.05) is 6.61 Å². The number of hydrogen-bond acceptors (Lipinski definition) is 4. The van der Waals surface area contributed by atoms with Crippen LogP contribution >= 0.6 is 0 Å². The molecule has 0 amide bonds. The number of nitrogens with one attached hydrogen (secondary N) is 1. The van der Waals surface area contributed by atoms with Crippen molar-refractivity contribution in [2.24, 2.45) is 0 Å². The van der Waals surface area contributed by atoms with Crippen molar-refractivity contribution in [3.05, 3.63) is 45.3 Å². The van der Waals surface area contributed by atoms with Crippen LogP contribution in [0.3, 0.4) is 0 Å². The number of rotatable bonds is 5. The lowest BCUT2D eigenvalue weighted by Gasteiger charge is -2.15. The van der Waals surface area contributed by atoms with E-state index in [0.717, 1.165) is 22.9 Å². The molecule has 0 saturated carbocycles. The van der Waals surface area contributed by atoms with Gasteiger partial charge in [0.15, 0.2) is 0 Å². The Bertz CT molecular complexity index is 657. The van der Waals surface area contributed by atoms with Gasteiger partial charge in [0.25, 0.3) is 0 Å². The molecule has 20 heavy (non-hydrogen) atoms. The molecule has 0 aliphatic carbocycles. The molecule has 0 unspecified atom stereocenters. The number of hydrogen-bond donors (Lipinski definition) is 2. The largest absolute Gasteiger partial charge is 0.423 e. The third-order valence-corrected chi connectivity index (χ3v) is 3.74. The quantitative estimate of drug-likeness (QED) is 0.822. The lowest BCUT2D eigenvalue weighted by atomic mass is 10.0. The third-order valence-electron chi connectivity index (χ3n) is 3.74. The van der Waals surface area contributed by atoms with Crippen molar-refractivity contribution >= 4 is 11.0 Å². The highest BCUT2D eigenvalue weighted by molar-refractivity contribution is 5.81. The molecule has 1 aromatic heterocycles. The van der Waals surface area contributed by atoms with Gasteiger partial charge >= 0.3 is 5.63 Å². The molecule has 108 valence electrons. The van der Waals surface area contributed by atoms with E-state index in [1.807, 2.05) is 32.9 Å². The van der Waals surface area contributed by atoms with Crippen molar-refractivity contribution in [2.45, 2.75) is 39.8 Å². The van der Waals surface area contributed by atoms with E-state index in [9.17, 15) is 9.90 Å². The molecule has 0 spiro atoms. The van der Waals surface area contributed by atoms with E-state index in [1.54, 1.807) is 0 Å². The molecular weight excluding hydrogens is 254 g/mol. The second-order valence-corrected chi connectivity index (χ2v) is 5.19. The van der Waals surface area contributed by atoms with Crippen LogP contribution in [0.4, 0.5) is 0 Å². The minimum Gasteiger partial charge on any atom is -0.423 e. The first-order valence-electron chi connectivity index (χ1n) is 6.93. The monoisotopic (exact) mass is 275 g/mol. The van der Waals surface area contributed by atoms with Gasteiger partial charge in [-0.05, 0) is 49.1 Å². The highest BCUT2D eigenvalue weighted by Gasteiger charge is 2.09. The van der Waals surface area contributed by atoms with Gasteiger partial charge in [0.05, 0.1) is 6.61 Å². The van der Waals surface area contributed by atoms with Gasteiger partial charge in [-0.2, -0.15) is 0 Å². The zero-order chi connectivity index (χ0) is 14.7. The van der Waals surface area contributed by atoms with Crippen molar-refractivity contribution in [3.63, 3.8) is 0 Å². The van der Waals surface area contributed by atoms with Crippen LogP contribution in [0.15, 0.2) is 27.4 Å². The van der Waals surface area contributed by atoms with Crippen LogP contribution in [0.1, 0.15) is 30.0 Å². The molecule has 4 heteroatoms. The van der Waals surface area contributed by atoms with Crippen LogP contribution in [0.2, 0.25) is 0 Å². The number of benzene rings is 1. The second kappa shape index (κ2) is 6.20. The summed E-state index contributed by atoms with van der Waals surface area (Å²) >= 11 is 0. The predicted molar refractivity (Wildman–Crippen MR) is 80.0 cm³/mol. The first-order chi connectivity index (χ1) is 9.55. The third kappa shape index (κ3) is 3.08. The number of aryl methyl sites for hydroxylation is 2. The maximum atomic E-state index is 11.6. The van der Waals surface area contributed by atoms with E-state index in [4.69, 9.17) is 4.42 Å². The van der Waals surface area contributed by atoms with Crippen LogP contribution in [0.25, 0.3) is 11.0 Å². The fraction of sp³-hybridized carbons (Fsp3) is 0.438. The van der Waals surface area contributed by atoms with Gasteiger partial charge in [-0.25, -0.2) is 4.79 Å². The van der Waals surface area contributed by atoms with Gasteiger partial charge < -0.3 is 14.8 Å². The van der Waals surface area contributed by atoms with E-state index in [1.165, 1.54) is 11.6 Å². The zero-order valence-electron chi connectivity index (χ0n) is 12.2. The Balaban J connectivity index is 2.41. The van der Waals surface area contributed by atoms with E-state index >= 15 is 0 Å². The Morgan fingerprint density at radius 1 is 1.25 bits per heavy atom. The number of aliphatic hydroxyl groups is 1. The average Bonchev–Trinajstić information content (AvgIpc) is 2.42. The molecular formula is C16H21NO3. The van der Waals surface area contributed by atoms with Gasteiger partial charge in [-0.3, -0.25) is 0 Å². The molecule has 0 radical (unpaired) electrons. The molecule has 2 rings (SSSR count). The fourth-order valence-corrected chi connectivity index (χ4v) is 2.22. The topological polar surface area (TPSA) is 62.5 Å². The summed E-state index contributed by atoms with van der Waals surface area (Å²) < 4.78 is 5.26. The average molecular weight is 275 g/mol. The molecule has 4 nitrogen and oxygen atoms in total. The fourth-order valence-electron chi connectivity index (χ4n) is 2.22. The van der Waals surface area contributed by atoms with Crippen LogP contribution in [-0.2, 0) is 6.54 Å². The first-order valence-corrected chi connectivity index (χ1v) is 6.93. The molecule has 0 fully saturated rings. The minimum atomic E-state index is -0.338. The normalized spacial score (nSPS) is 12.8. The highest BCUT2D eigenvalue weighted by atomic mass is 16.4. The smallest absolute Gasteiger partial charge is 0.336 e. The van der Waals surface area contributed by atoms with Crippen LogP contribution < -0.4 is 10.9 Å². The van der Waals surface area contributed by atoms with Gasteiger partial charge in [-0.15, -0.1) is 0 Å². The summed E-state index contributed by atoms with van der Waals surface area (Å²) in [5, 5.41) is 13.4. The molecule has 2 aromatic rings. The molecule has 0 aliphatic heterocycles. The van der Waals surface area contributed by atoms with E-state index in [-0.39, 0.29) is 18.3 Å². The first kappa shape index (κ1) is 14.8. The molecule has 1 aromatic carbocycles. The van der Waals surface area contributed by atoms with Crippen LogP contribution in [-0.4, -0.2) is 17.8 Å². The summed E-state index contributed by atoms with van der Waals surface area (Å²) in [5.41, 5.74) is 3.46. The standard InChI is InChI=1S/C16H21NO3/c1-4-13(9-18)17-8-12-7-16(19)20-15-6-11(3)10(2)5-14(12)15/h5-7,13,17-18H,4,8-9H2,1-3H3/t13-/m0/s1. The lowest BCUT2D eigenvalue weighted by molar-refractivity contribution is 0.238. The molecule has 0 saturated heterocycles. The molecule has 0 aliphatic rings. The van der Waals surface area contributed by atoms with Crippen molar-refractivity contribution in [3.8, 4) is 0 Å². The highest BCUT2D eigenvalue weighted by Crippen LogP contribution is 2.21. The predicted octanol–water partition coefficient (Wildman–Crippen LogP) is 2.27. The Kier molecular flexibility index (Phi) is 4.57. The molecule has 1 heterocycles. The maximum absolute atomic E-state index is 11.6. The van der Waals surface area contributed by atoms with Crippen molar-refractivity contribution in [1.82, 2.24) is 5.32 Å². The van der Waals surface area contributed by atoms with Crippen molar-refractivity contribution < 1.29 is 9.52 Å². The molecule has 2 N–H and O–H groups in total. The van der Waals surface area contributed by atoms with Gasteiger partial charge in [-0.1, -0.05) is 6.92 Å². The second-order valence-electron chi connectivity index (χ2n) is 5.19. The van der Waals surface area contributed by atoms with E-state index in [2.05, 4.69) is 5.32 Å². The van der Waals surface area contributed by atoms with Gasteiger partial charge in [0.2, 0.25) is 0 Å². The van der Waals surface area contributed by atoms with Gasteiger partial charge in [0.1, 0.15) is 5.58 Å². The summed E-state index contributed by atoms with van der Waals surface area (Å²) in [5.74, 6) is 0. The molecule has 0 bridgehead atoms. The van der Waals surface area contributed by atoms with Gasteiger partial charge in [0, 0.05) is 24.0 Å². The van der Waals surface area contributed by atoms with Crippen LogP contribution in [0.5, 0.6) is 0 Å². The lowest BCUT2D eigenvalue weighted by Crippen LogP contribution is -2.31. The Hall–Kier alpha value is -1.65. The van der Waals surface area contributed by atoms with E-state index in [0.29, 0.717) is 12.1 Å². The summed E-state index contributed by atoms with van der Waals surface area (Å²) in [7, 11) is 0. The Morgan fingerprint density at radius 2 is 1.95 bits per heavy atom. The zero-order valence-corrected chi connectivity index (χ0v) is 12.2. The maximum Gasteiger partial charge on any atom is 0.336 e.